The second kappa shape index (κ2) is 6.12. The van der Waals surface area contributed by atoms with Crippen molar-refractivity contribution in [1.82, 2.24) is 20.0 Å². The van der Waals surface area contributed by atoms with Crippen LogP contribution in [-0.2, 0) is 18.4 Å². The second-order valence-corrected chi connectivity index (χ2v) is 7.03. The van der Waals surface area contributed by atoms with Gasteiger partial charge in [0.15, 0.2) is 17.0 Å². The number of halogens is 1. The van der Waals surface area contributed by atoms with Crippen LogP contribution in [0.3, 0.4) is 0 Å². The van der Waals surface area contributed by atoms with Crippen LogP contribution in [0.2, 0.25) is 0 Å². The first-order valence-electron chi connectivity index (χ1n) is 7.19. The fourth-order valence-electron chi connectivity index (χ4n) is 2.35. The number of fused-ring (bicyclic) bond motifs is 1. The van der Waals surface area contributed by atoms with Crippen LogP contribution in [-0.4, -0.2) is 25.9 Å². The van der Waals surface area contributed by atoms with E-state index in [1.165, 1.54) is 11.3 Å². The van der Waals surface area contributed by atoms with Crippen LogP contribution >= 0.6 is 27.3 Å². The minimum atomic E-state index is -0.443. The third-order valence-corrected chi connectivity index (χ3v) is 5.08. The average Bonchev–Trinajstić information content (AvgIpc) is 3.33. The molecule has 0 spiro atoms. The SMILES string of the molecule is Cc1nn(C)c2sc(C(=O)OCc3nnc(-c4ccc(Br)o4)o3)cc12. The molecule has 0 saturated carbocycles. The van der Waals surface area contributed by atoms with Crippen LogP contribution in [0.5, 0.6) is 0 Å². The van der Waals surface area contributed by atoms with Crippen LogP contribution in [0.1, 0.15) is 21.3 Å². The maximum atomic E-state index is 12.2. The molecule has 4 aromatic heterocycles. The molecule has 0 saturated heterocycles. The molecule has 0 atom stereocenters. The molecular weight excluding hydrogens is 412 g/mol. The summed E-state index contributed by atoms with van der Waals surface area (Å²) in [6, 6.07) is 5.20. The Hall–Kier alpha value is -2.46. The number of furan rings is 1. The number of nitrogens with zero attached hydrogens (tertiary/aromatic N) is 4. The number of rotatable bonds is 4. The van der Waals surface area contributed by atoms with E-state index < -0.39 is 5.97 Å². The Morgan fingerprint density at radius 2 is 2.20 bits per heavy atom. The maximum absolute atomic E-state index is 12.2. The molecule has 4 heterocycles. The van der Waals surface area contributed by atoms with Crippen molar-refractivity contribution in [3.05, 3.63) is 39.3 Å². The molecule has 0 radical (unpaired) electrons. The lowest BCUT2D eigenvalue weighted by molar-refractivity contribution is 0.0444. The van der Waals surface area contributed by atoms with Crippen molar-refractivity contribution in [1.29, 1.82) is 0 Å². The predicted octanol–water partition coefficient (Wildman–Crippen LogP) is 3.71. The third-order valence-electron chi connectivity index (χ3n) is 3.47. The monoisotopic (exact) mass is 422 g/mol. The Labute approximate surface area is 153 Å². The van der Waals surface area contributed by atoms with Gasteiger partial charge in [0.25, 0.3) is 11.8 Å². The molecule has 0 fully saturated rings. The van der Waals surface area contributed by atoms with E-state index in [0.29, 0.717) is 15.3 Å². The van der Waals surface area contributed by atoms with Crippen LogP contribution in [0, 0.1) is 6.92 Å². The molecular formula is C15H11BrN4O4S. The average molecular weight is 423 g/mol. The maximum Gasteiger partial charge on any atom is 0.348 e. The highest BCUT2D eigenvalue weighted by atomic mass is 79.9. The summed E-state index contributed by atoms with van der Waals surface area (Å²) in [5.41, 5.74) is 0.874. The highest BCUT2D eigenvalue weighted by Crippen LogP contribution is 2.28. The molecule has 0 aliphatic heterocycles. The Bertz CT molecular complexity index is 1040. The molecule has 0 aromatic carbocycles. The summed E-state index contributed by atoms with van der Waals surface area (Å²) in [7, 11) is 1.84. The smallest absolute Gasteiger partial charge is 0.348 e. The quantitative estimate of drug-likeness (QED) is 0.462. The lowest BCUT2D eigenvalue weighted by Gasteiger charge is -1.98. The number of thiophene rings is 1. The van der Waals surface area contributed by atoms with Gasteiger partial charge in [-0.1, -0.05) is 0 Å². The molecule has 0 amide bonds. The van der Waals surface area contributed by atoms with Gasteiger partial charge in [0.05, 0.1) is 5.69 Å². The van der Waals surface area contributed by atoms with Crippen LogP contribution in [0.4, 0.5) is 0 Å². The molecule has 4 rings (SSSR count). The Balaban J connectivity index is 1.46. The third kappa shape index (κ3) is 2.98. The van der Waals surface area contributed by atoms with Gasteiger partial charge >= 0.3 is 5.97 Å². The van der Waals surface area contributed by atoms with E-state index in [2.05, 4.69) is 31.2 Å². The van der Waals surface area contributed by atoms with Gasteiger partial charge in [0.1, 0.15) is 9.71 Å². The largest absolute Gasteiger partial charge is 0.451 e. The zero-order valence-electron chi connectivity index (χ0n) is 13.1. The van der Waals surface area contributed by atoms with E-state index in [1.54, 1.807) is 22.9 Å². The Kier molecular flexibility index (Phi) is 3.92. The standard InChI is InChI=1S/C15H11BrN4O4S/c1-7-8-5-10(25-14(8)20(2)19-7)15(21)22-6-12-17-18-13(24-12)9-3-4-11(16)23-9/h3-5H,6H2,1-2H3. The van der Waals surface area contributed by atoms with Crippen LogP contribution in [0.25, 0.3) is 21.9 Å². The van der Waals surface area contributed by atoms with Gasteiger partial charge in [-0.2, -0.15) is 5.10 Å². The molecule has 0 aliphatic carbocycles. The Morgan fingerprint density at radius 1 is 1.36 bits per heavy atom. The van der Waals surface area contributed by atoms with Crippen molar-refractivity contribution >= 4 is 43.5 Å². The highest BCUT2D eigenvalue weighted by molar-refractivity contribution is 9.10. The minimum absolute atomic E-state index is 0.112. The fourth-order valence-corrected chi connectivity index (χ4v) is 3.67. The van der Waals surface area contributed by atoms with Crippen LogP contribution in [0.15, 0.2) is 31.7 Å². The molecule has 0 aliphatic rings. The Morgan fingerprint density at radius 3 is 2.92 bits per heavy atom. The molecule has 0 N–H and O–H groups in total. The van der Waals surface area contributed by atoms with Gasteiger partial charge in [0.2, 0.25) is 0 Å². The van der Waals surface area contributed by atoms with Gasteiger partial charge in [-0.25, -0.2) is 4.79 Å². The molecule has 25 heavy (non-hydrogen) atoms. The lowest BCUT2D eigenvalue weighted by Crippen LogP contribution is -2.03. The molecule has 8 nitrogen and oxygen atoms in total. The van der Waals surface area contributed by atoms with E-state index in [1.807, 2.05) is 14.0 Å². The zero-order chi connectivity index (χ0) is 17.6. The summed E-state index contributed by atoms with van der Waals surface area (Å²) >= 11 is 4.53. The molecule has 0 bridgehead atoms. The fraction of sp³-hybridized carbons (Fsp3) is 0.200. The summed E-state index contributed by atoms with van der Waals surface area (Å²) in [6.07, 6.45) is 0. The predicted molar refractivity (Wildman–Crippen MR) is 92.1 cm³/mol. The van der Waals surface area contributed by atoms with Gasteiger partial charge in [0, 0.05) is 12.4 Å². The second-order valence-electron chi connectivity index (χ2n) is 5.22. The van der Waals surface area contributed by atoms with Crippen molar-refractivity contribution in [2.24, 2.45) is 7.05 Å². The van der Waals surface area contributed by atoms with E-state index in [-0.39, 0.29) is 18.4 Å². The summed E-state index contributed by atoms with van der Waals surface area (Å²) in [6.45, 7) is 1.79. The first-order valence-corrected chi connectivity index (χ1v) is 8.80. The first kappa shape index (κ1) is 16.0. The summed E-state index contributed by atoms with van der Waals surface area (Å²) < 4.78 is 18.3. The number of aryl methyl sites for hydroxylation is 2. The zero-order valence-corrected chi connectivity index (χ0v) is 15.5. The summed E-state index contributed by atoms with van der Waals surface area (Å²) in [5.74, 6) is 0.403. The number of hydrogen-bond donors (Lipinski definition) is 0. The number of esters is 1. The lowest BCUT2D eigenvalue weighted by atomic mass is 10.3. The number of ether oxygens (including phenoxy) is 1. The number of carbonyl (C=O) groups is 1. The number of hydrogen-bond acceptors (Lipinski definition) is 8. The van der Waals surface area contributed by atoms with E-state index in [0.717, 1.165) is 15.9 Å². The van der Waals surface area contributed by atoms with Gasteiger partial charge in [-0.05, 0) is 41.1 Å². The van der Waals surface area contributed by atoms with E-state index >= 15 is 0 Å². The van der Waals surface area contributed by atoms with Crippen molar-refractivity contribution in [3.63, 3.8) is 0 Å². The highest BCUT2D eigenvalue weighted by Gasteiger charge is 2.18. The first-order chi connectivity index (χ1) is 12.0. The minimum Gasteiger partial charge on any atom is -0.451 e. The van der Waals surface area contributed by atoms with Crippen molar-refractivity contribution in [3.8, 4) is 11.7 Å². The molecule has 0 unspecified atom stereocenters. The van der Waals surface area contributed by atoms with Gasteiger partial charge in [-0.15, -0.1) is 21.5 Å². The van der Waals surface area contributed by atoms with Crippen molar-refractivity contribution in [2.75, 3.05) is 0 Å². The molecule has 10 heteroatoms. The van der Waals surface area contributed by atoms with Crippen LogP contribution < -0.4 is 0 Å². The van der Waals surface area contributed by atoms with Crippen molar-refractivity contribution < 1.29 is 18.4 Å². The summed E-state index contributed by atoms with van der Waals surface area (Å²) in [4.78, 5) is 13.7. The summed E-state index contributed by atoms with van der Waals surface area (Å²) in [5, 5.41) is 13.0. The number of aromatic nitrogens is 4. The van der Waals surface area contributed by atoms with Gasteiger partial charge in [-0.3, -0.25) is 4.68 Å². The normalized spacial score (nSPS) is 11.3. The van der Waals surface area contributed by atoms with Crippen molar-refractivity contribution in [2.45, 2.75) is 13.5 Å². The molecule has 4 aromatic rings. The van der Waals surface area contributed by atoms with Gasteiger partial charge < -0.3 is 13.6 Å². The topological polar surface area (TPSA) is 96.2 Å². The van der Waals surface area contributed by atoms with E-state index in [9.17, 15) is 4.79 Å². The molecule has 128 valence electrons. The number of carbonyl (C=O) groups excluding carboxylic acids is 1. The van der Waals surface area contributed by atoms with E-state index in [4.69, 9.17) is 13.6 Å².